The Balaban J connectivity index is 0. The minimum Gasteiger partial charge on any atom is -0.418 e. The first-order valence-electron chi connectivity index (χ1n) is 4.35. The van der Waals surface area contributed by atoms with E-state index >= 15 is 0 Å². The van der Waals surface area contributed by atoms with Crippen LogP contribution in [0.15, 0.2) is 30.3 Å². The molecule has 0 bridgehead atoms. The van der Waals surface area contributed by atoms with Crippen molar-refractivity contribution in [2.75, 3.05) is 21.1 Å². The standard InChI is InChI=1S/C9H14N.BF4/c1-10(2,3)9-7-5-4-6-8-9;2-1(3,4)5/h4-8H,1-3H3;/q+1;-1/p+1. The summed E-state index contributed by atoms with van der Waals surface area (Å²) < 4.78 is 39.9. The van der Waals surface area contributed by atoms with Crippen LogP contribution in [0.3, 0.4) is 0 Å². The molecule has 0 aliphatic rings. The molecule has 1 nitrogen and oxygen atoms in total. The number of nitrogens with zero attached hydrogens (tertiary/aromatic N) is 1. The summed E-state index contributed by atoms with van der Waals surface area (Å²) in [6.07, 6.45) is 0. The van der Waals surface area contributed by atoms with Gasteiger partial charge in [-0.1, -0.05) is 18.2 Å². The number of hydrogen-bond donors (Lipinski definition) is 0. The maximum absolute atomic E-state index is 9.75. The first-order chi connectivity index (χ1) is 6.61. The zero-order chi connectivity index (χ0) is 12.1. The van der Waals surface area contributed by atoms with Crippen molar-refractivity contribution in [3.8, 4) is 0 Å². The van der Waals surface area contributed by atoms with Crippen LogP contribution in [0.2, 0.25) is 0 Å². The zero-order valence-corrected chi connectivity index (χ0v) is 8.92. The van der Waals surface area contributed by atoms with Crippen LogP contribution in [0.5, 0.6) is 0 Å². The summed E-state index contributed by atoms with van der Waals surface area (Å²) in [5.74, 6) is 0. The second-order valence-corrected chi connectivity index (χ2v) is 3.84. The largest absolute Gasteiger partial charge is 1.00 e. The van der Waals surface area contributed by atoms with Gasteiger partial charge in [0.25, 0.3) is 0 Å². The number of rotatable bonds is 1. The van der Waals surface area contributed by atoms with Gasteiger partial charge in [0, 0.05) is 0 Å². The quantitative estimate of drug-likeness (QED) is 0.390. The van der Waals surface area contributed by atoms with Crippen molar-refractivity contribution in [3.05, 3.63) is 30.3 Å². The average molecular weight is 224 g/mol. The molecule has 0 aliphatic carbocycles. The monoisotopic (exact) mass is 224 g/mol. The lowest BCUT2D eigenvalue weighted by Crippen LogP contribution is -2.34. The lowest BCUT2D eigenvalue weighted by molar-refractivity contribution is 0.368. The fraction of sp³-hybridized carbons (Fsp3) is 0.333. The smallest absolute Gasteiger partial charge is 0.418 e. The van der Waals surface area contributed by atoms with E-state index in [4.69, 9.17) is 0 Å². The van der Waals surface area contributed by atoms with Crippen LogP contribution in [0.25, 0.3) is 0 Å². The van der Waals surface area contributed by atoms with Gasteiger partial charge in [0.1, 0.15) is 5.69 Å². The van der Waals surface area contributed by atoms with Crippen LogP contribution in [-0.4, -0.2) is 28.4 Å². The lowest BCUT2D eigenvalue weighted by Gasteiger charge is -2.22. The normalized spacial score (nSPS) is 11.7. The molecule has 15 heavy (non-hydrogen) atoms. The molecule has 0 aromatic heterocycles. The Morgan fingerprint density at radius 3 is 1.47 bits per heavy atom. The van der Waals surface area contributed by atoms with E-state index in [9.17, 15) is 17.3 Å². The van der Waals surface area contributed by atoms with Gasteiger partial charge in [-0.25, -0.2) is 0 Å². The van der Waals surface area contributed by atoms with Crippen molar-refractivity contribution in [3.63, 3.8) is 0 Å². The first kappa shape index (κ1) is 14.0. The Labute approximate surface area is 88.5 Å². The Bertz CT molecular complexity index is 278. The number of benzene rings is 1. The van der Waals surface area contributed by atoms with Crippen LogP contribution in [0.4, 0.5) is 23.0 Å². The Morgan fingerprint density at radius 2 is 1.27 bits per heavy atom. The van der Waals surface area contributed by atoms with Crippen LogP contribution < -0.4 is 4.48 Å². The third kappa shape index (κ3) is 9.27. The first-order valence-corrected chi connectivity index (χ1v) is 4.35. The van der Waals surface area contributed by atoms with E-state index in [1.165, 1.54) is 5.69 Å². The number of para-hydroxylation sites is 1. The van der Waals surface area contributed by atoms with Crippen LogP contribution in [-0.2, 0) is 0 Å². The van der Waals surface area contributed by atoms with E-state index in [1.807, 2.05) is 6.07 Å². The summed E-state index contributed by atoms with van der Waals surface area (Å²) >= 11 is 0. The van der Waals surface area contributed by atoms with Gasteiger partial charge in [-0.05, 0) is 12.1 Å². The van der Waals surface area contributed by atoms with Crippen molar-refractivity contribution < 1.29 is 18.7 Å². The molecular formula is C9H15BF4N+. The summed E-state index contributed by atoms with van der Waals surface area (Å²) in [4.78, 5) is 0. The average Bonchev–Trinajstić information content (AvgIpc) is 2.01. The van der Waals surface area contributed by atoms with Crippen LogP contribution >= 0.6 is 0 Å². The van der Waals surface area contributed by atoms with Crippen molar-refractivity contribution in [2.45, 2.75) is 0 Å². The molecule has 0 unspecified atom stereocenters. The van der Waals surface area contributed by atoms with Gasteiger partial charge >= 0.3 is 8.68 Å². The lowest BCUT2D eigenvalue weighted by atomic mass is 10.3. The van der Waals surface area contributed by atoms with Gasteiger partial charge in [-0.2, -0.15) is 0 Å². The Hall–Kier alpha value is -1.04. The molecule has 0 radical (unpaired) electrons. The highest BCUT2D eigenvalue weighted by Crippen LogP contribution is 2.14. The second kappa shape index (κ2) is 5.16. The molecule has 0 amide bonds. The van der Waals surface area contributed by atoms with E-state index in [0.717, 1.165) is 4.48 Å². The zero-order valence-electron chi connectivity index (χ0n) is 9.92. The molecular weight excluding hydrogens is 209 g/mol. The summed E-state index contributed by atoms with van der Waals surface area (Å²) in [5.41, 5.74) is 1.34. The minimum absolute atomic E-state index is 0. The molecule has 1 aromatic carbocycles. The van der Waals surface area contributed by atoms with Gasteiger partial charge in [0.2, 0.25) is 0 Å². The van der Waals surface area contributed by atoms with E-state index in [1.54, 1.807) is 0 Å². The molecule has 6 heteroatoms. The maximum Gasteiger partial charge on any atom is 1.00 e. The van der Waals surface area contributed by atoms with E-state index in [0.29, 0.717) is 0 Å². The Kier molecular flexibility index (Phi) is 4.80. The van der Waals surface area contributed by atoms with Crippen molar-refractivity contribution >= 4 is 12.9 Å². The minimum atomic E-state index is -6.00. The third-order valence-electron chi connectivity index (χ3n) is 1.53. The highest BCUT2D eigenvalue weighted by atomic mass is 19.5. The summed E-state index contributed by atoms with van der Waals surface area (Å²) in [6.45, 7) is 0. The molecule has 86 valence electrons. The molecule has 0 saturated heterocycles. The predicted molar refractivity (Wildman–Crippen MR) is 57.3 cm³/mol. The van der Waals surface area contributed by atoms with Gasteiger partial charge < -0.3 is 17.3 Å². The topological polar surface area (TPSA) is 0 Å². The van der Waals surface area contributed by atoms with Crippen molar-refractivity contribution in [1.82, 2.24) is 4.48 Å². The predicted octanol–water partition coefficient (Wildman–Crippen LogP) is 3.30. The molecule has 1 rings (SSSR count). The second-order valence-electron chi connectivity index (χ2n) is 3.84. The summed E-state index contributed by atoms with van der Waals surface area (Å²) in [6, 6.07) is 10.5. The molecule has 0 heterocycles. The van der Waals surface area contributed by atoms with Crippen molar-refractivity contribution in [1.29, 1.82) is 0 Å². The summed E-state index contributed by atoms with van der Waals surface area (Å²) in [5, 5.41) is 0. The van der Waals surface area contributed by atoms with Gasteiger partial charge in [-0.15, -0.1) is 0 Å². The molecule has 0 saturated carbocycles. The SMILES string of the molecule is C[N+](C)(C)c1ccccc1.F[B-](F)(F)F.[H+]. The van der Waals surface area contributed by atoms with Crippen LogP contribution in [0, 0.1) is 0 Å². The molecule has 0 spiro atoms. The maximum atomic E-state index is 9.75. The fourth-order valence-corrected chi connectivity index (χ4v) is 0.875. The number of hydrogen-bond acceptors (Lipinski definition) is 0. The molecule has 0 fully saturated rings. The van der Waals surface area contributed by atoms with Crippen molar-refractivity contribution in [2.24, 2.45) is 0 Å². The van der Waals surface area contributed by atoms with Gasteiger partial charge in [-0.3, -0.25) is 4.48 Å². The molecule has 0 N–H and O–H groups in total. The van der Waals surface area contributed by atoms with Crippen LogP contribution in [0.1, 0.15) is 1.43 Å². The third-order valence-corrected chi connectivity index (χ3v) is 1.53. The molecule has 0 aliphatic heterocycles. The van der Waals surface area contributed by atoms with Gasteiger partial charge in [0.05, 0.1) is 21.1 Å². The number of quaternary nitrogens is 1. The van der Waals surface area contributed by atoms with E-state index in [-0.39, 0.29) is 1.43 Å². The fourth-order valence-electron chi connectivity index (χ4n) is 0.875. The van der Waals surface area contributed by atoms with E-state index < -0.39 is 7.25 Å². The molecule has 0 atom stereocenters. The Morgan fingerprint density at radius 1 is 0.933 bits per heavy atom. The number of halogens is 4. The molecule has 1 aromatic rings. The van der Waals surface area contributed by atoms with Gasteiger partial charge in [0.15, 0.2) is 0 Å². The summed E-state index contributed by atoms with van der Waals surface area (Å²) in [7, 11) is 0.486. The van der Waals surface area contributed by atoms with E-state index in [2.05, 4.69) is 45.4 Å². The highest BCUT2D eigenvalue weighted by Gasteiger charge is 2.20. The highest BCUT2D eigenvalue weighted by molar-refractivity contribution is 6.50.